The van der Waals surface area contributed by atoms with Crippen molar-refractivity contribution in [1.29, 1.82) is 0 Å². The SMILES string of the molecule is COc1ccc([C@@H]2CC(c3cccs3)=NN2C(=O)CN2C(=O)N[C@@](C)(c3ccc(C(C)C)cc3)C2=O)cc1OC. The van der Waals surface area contributed by atoms with Crippen molar-refractivity contribution >= 4 is 34.9 Å². The van der Waals surface area contributed by atoms with E-state index in [1.54, 1.807) is 27.2 Å². The summed E-state index contributed by atoms with van der Waals surface area (Å²) in [5, 5.41) is 10.8. The Bertz CT molecular complexity index is 1470. The molecule has 1 saturated heterocycles. The molecule has 2 aromatic carbocycles. The zero-order valence-corrected chi connectivity index (χ0v) is 24.0. The fraction of sp³-hybridized carbons (Fsp3) is 0.333. The Hall–Kier alpha value is -4.18. The highest BCUT2D eigenvalue weighted by Gasteiger charge is 2.50. The van der Waals surface area contributed by atoms with Crippen LogP contribution in [0.3, 0.4) is 0 Å². The van der Waals surface area contributed by atoms with Crippen molar-refractivity contribution in [2.24, 2.45) is 5.10 Å². The molecule has 9 nitrogen and oxygen atoms in total. The summed E-state index contributed by atoms with van der Waals surface area (Å²) < 4.78 is 10.9. The minimum absolute atomic E-state index is 0.337. The maximum atomic E-state index is 13.7. The Balaban J connectivity index is 1.42. The lowest BCUT2D eigenvalue weighted by Crippen LogP contribution is -2.43. The van der Waals surface area contributed by atoms with E-state index in [2.05, 4.69) is 24.3 Å². The highest BCUT2D eigenvalue weighted by molar-refractivity contribution is 7.12. The standard InChI is InChI=1S/C30H32N4O5S/c1-18(2)19-8-11-21(12-9-19)30(3)28(36)33(29(37)31-30)17-27(35)34-23(16-22(32-34)26-7-6-14-40-26)20-10-13-24(38-4)25(15-20)39-5/h6-15,18,23H,16-17H2,1-5H3,(H,31,37)/t23-,30-/m0/s1. The van der Waals surface area contributed by atoms with Gasteiger partial charge in [-0.05, 0) is 53.1 Å². The maximum Gasteiger partial charge on any atom is 0.325 e. The summed E-state index contributed by atoms with van der Waals surface area (Å²) in [6.45, 7) is 5.41. The van der Waals surface area contributed by atoms with E-state index in [9.17, 15) is 14.4 Å². The van der Waals surface area contributed by atoms with Gasteiger partial charge in [0.1, 0.15) is 12.1 Å². The highest BCUT2D eigenvalue weighted by Crippen LogP contribution is 2.38. The monoisotopic (exact) mass is 560 g/mol. The fourth-order valence-corrected chi connectivity index (χ4v) is 5.82. The van der Waals surface area contributed by atoms with Crippen LogP contribution in [0.1, 0.15) is 60.7 Å². The number of ether oxygens (including phenoxy) is 2. The van der Waals surface area contributed by atoms with E-state index in [1.807, 2.05) is 53.9 Å². The molecule has 0 spiro atoms. The van der Waals surface area contributed by atoms with E-state index < -0.39 is 36.0 Å². The largest absolute Gasteiger partial charge is 0.493 e. The first-order valence-corrected chi connectivity index (χ1v) is 13.9. The number of hydrogen-bond donors (Lipinski definition) is 1. The van der Waals surface area contributed by atoms with Crippen molar-refractivity contribution in [1.82, 2.24) is 15.2 Å². The Morgan fingerprint density at radius 2 is 1.82 bits per heavy atom. The molecule has 1 N–H and O–H groups in total. The number of amides is 4. The zero-order chi connectivity index (χ0) is 28.6. The van der Waals surface area contributed by atoms with Gasteiger partial charge >= 0.3 is 6.03 Å². The summed E-state index contributed by atoms with van der Waals surface area (Å²) in [5.74, 6) is 0.497. The van der Waals surface area contributed by atoms with E-state index in [4.69, 9.17) is 9.47 Å². The average Bonchev–Trinajstić information content (AvgIpc) is 3.69. The Morgan fingerprint density at radius 1 is 1.10 bits per heavy atom. The van der Waals surface area contributed by atoms with Crippen LogP contribution in [0.2, 0.25) is 0 Å². The molecule has 2 aliphatic rings. The average molecular weight is 561 g/mol. The first-order valence-electron chi connectivity index (χ1n) is 13.1. The number of nitrogens with zero attached hydrogens (tertiary/aromatic N) is 3. The molecular weight excluding hydrogens is 528 g/mol. The third kappa shape index (κ3) is 4.83. The van der Waals surface area contributed by atoms with Gasteiger partial charge in [-0.1, -0.05) is 50.2 Å². The van der Waals surface area contributed by atoms with Crippen LogP contribution in [0.5, 0.6) is 11.5 Å². The normalized spacial score (nSPS) is 20.6. The molecule has 10 heteroatoms. The molecule has 2 aliphatic heterocycles. The van der Waals surface area contributed by atoms with Crippen LogP contribution in [0.15, 0.2) is 65.1 Å². The van der Waals surface area contributed by atoms with Crippen molar-refractivity contribution in [3.63, 3.8) is 0 Å². The minimum Gasteiger partial charge on any atom is -0.493 e. The molecule has 40 heavy (non-hydrogen) atoms. The van der Waals surface area contributed by atoms with Crippen LogP contribution in [0.4, 0.5) is 4.79 Å². The highest BCUT2D eigenvalue weighted by atomic mass is 32.1. The molecule has 0 saturated carbocycles. The number of hydrogen-bond acceptors (Lipinski definition) is 7. The fourth-order valence-electron chi connectivity index (χ4n) is 5.10. The second-order valence-electron chi connectivity index (χ2n) is 10.3. The van der Waals surface area contributed by atoms with Crippen LogP contribution in [0, 0.1) is 0 Å². The predicted octanol–water partition coefficient (Wildman–Crippen LogP) is 5.03. The van der Waals surface area contributed by atoms with Crippen LogP contribution < -0.4 is 14.8 Å². The maximum absolute atomic E-state index is 13.7. The summed E-state index contributed by atoms with van der Waals surface area (Å²) in [4.78, 5) is 42.2. The van der Waals surface area contributed by atoms with Gasteiger partial charge in [-0.2, -0.15) is 5.10 Å². The third-order valence-corrected chi connectivity index (χ3v) is 8.41. The van der Waals surface area contributed by atoms with Crippen LogP contribution in [-0.2, 0) is 15.1 Å². The number of benzene rings is 2. The van der Waals surface area contributed by atoms with Gasteiger partial charge in [0.25, 0.3) is 11.8 Å². The molecule has 1 fully saturated rings. The van der Waals surface area contributed by atoms with E-state index in [-0.39, 0.29) is 0 Å². The van der Waals surface area contributed by atoms with E-state index in [0.29, 0.717) is 29.4 Å². The van der Waals surface area contributed by atoms with Crippen LogP contribution in [0.25, 0.3) is 0 Å². The smallest absolute Gasteiger partial charge is 0.325 e. The Kier molecular flexibility index (Phi) is 7.37. The minimum atomic E-state index is -1.27. The molecule has 3 aromatic rings. The topological polar surface area (TPSA) is 101 Å². The zero-order valence-electron chi connectivity index (χ0n) is 23.1. The quantitative estimate of drug-likeness (QED) is 0.390. The van der Waals surface area contributed by atoms with E-state index >= 15 is 0 Å². The van der Waals surface area contributed by atoms with Crippen molar-refractivity contribution in [3.8, 4) is 11.5 Å². The first-order chi connectivity index (χ1) is 19.2. The number of methoxy groups -OCH3 is 2. The number of carbonyl (C=O) groups excluding carboxylic acids is 3. The number of hydrazone groups is 1. The second kappa shape index (κ2) is 10.8. The predicted molar refractivity (Wildman–Crippen MR) is 153 cm³/mol. The number of imide groups is 1. The third-order valence-electron chi connectivity index (χ3n) is 7.49. The summed E-state index contributed by atoms with van der Waals surface area (Å²) in [6.07, 6.45) is 0.474. The lowest BCUT2D eigenvalue weighted by molar-refractivity contribution is -0.140. The summed E-state index contributed by atoms with van der Waals surface area (Å²) in [7, 11) is 3.11. The molecule has 4 amide bonds. The number of carbonyl (C=O) groups is 3. The Morgan fingerprint density at radius 3 is 2.45 bits per heavy atom. The van der Waals surface area contributed by atoms with Gasteiger partial charge in [0.15, 0.2) is 11.5 Å². The van der Waals surface area contributed by atoms with Crippen molar-refractivity contribution in [2.75, 3.05) is 20.8 Å². The van der Waals surface area contributed by atoms with Gasteiger partial charge in [-0.25, -0.2) is 9.80 Å². The van der Waals surface area contributed by atoms with Crippen molar-refractivity contribution in [3.05, 3.63) is 81.5 Å². The Labute approximate surface area is 237 Å². The van der Waals surface area contributed by atoms with Crippen molar-refractivity contribution in [2.45, 2.75) is 44.7 Å². The lowest BCUT2D eigenvalue weighted by Gasteiger charge is -2.25. The van der Waals surface area contributed by atoms with Gasteiger partial charge in [0.05, 0.1) is 30.9 Å². The van der Waals surface area contributed by atoms with Crippen LogP contribution in [-0.4, -0.2) is 54.2 Å². The van der Waals surface area contributed by atoms with Gasteiger partial charge < -0.3 is 14.8 Å². The summed E-state index contributed by atoms with van der Waals surface area (Å²) >= 11 is 1.54. The van der Waals surface area contributed by atoms with Gasteiger partial charge in [-0.3, -0.25) is 14.5 Å². The molecule has 2 atom stereocenters. The first kappa shape index (κ1) is 27.4. The van der Waals surface area contributed by atoms with Gasteiger partial charge in [0, 0.05) is 6.42 Å². The molecule has 0 bridgehead atoms. The van der Waals surface area contributed by atoms with Crippen LogP contribution >= 0.6 is 11.3 Å². The van der Waals surface area contributed by atoms with Gasteiger partial charge in [0.2, 0.25) is 0 Å². The second-order valence-corrected chi connectivity index (χ2v) is 11.3. The summed E-state index contributed by atoms with van der Waals surface area (Å²) in [5.41, 5.74) is 2.08. The molecule has 208 valence electrons. The van der Waals surface area contributed by atoms with Crippen molar-refractivity contribution < 1.29 is 23.9 Å². The van der Waals surface area contributed by atoms with E-state index in [1.165, 1.54) is 16.3 Å². The number of thiophene rings is 1. The summed E-state index contributed by atoms with van der Waals surface area (Å²) in [6, 6.07) is 15.9. The molecule has 1 aromatic heterocycles. The molecular formula is C30H32N4O5S. The number of urea groups is 1. The van der Waals surface area contributed by atoms with E-state index in [0.717, 1.165) is 26.6 Å². The molecule has 0 unspecified atom stereocenters. The molecule has 3 heterocycles. The lowest BCUT2D eigenvalue weighted by atomic mass is 9.90. The number of rotatable bonds is 8. The van der Waals surface area contributed by atoms with Gasteiger partial charge in [-0.15, -0.1) is 11.3 Å². The molecule has 0 aliphatic carbocycles. The molecule has 0 radical (unpaired) electrons. The molecule has 5 rings (SSSR count). The number of nitrogens with one attached hydrogen (secondary N) is 1.